The number of nitrogens with zero attached hydrogens (tertiary/aromatic N) is 1. The van der Waals surface area contributed by atoms with Gasteiger partial charge < -0.3 is 10.6 Å². The summed E-state index contributed by atoms with van der Waals surface area (Å²) in [5.41, 5.74) is 1.00. The van der Waals surface area contributed by atoms with Crippen LogP contribution in [0.25, 0.3) is 0 Å². The minimum absolute atomic E-state index is 0.195. The SMILES string of the molecule is Cc1ccc(S(=O)(=O)N2CCCC[C@@H]2CCNC(=O)C(=O)NCc2cccs2)cc1. The van der Waals surface area contributed by atoms with Crippen molar-refractivity contribution in [2.24, 2.45) is 0 Å². The number of sulfonamides is 1. The van der Waals surface area contributed by atoms with Gasteiger partial charge in [-0.2, -0.15) is 4.31 Å². The maximum absolute atomic E-state index is 13.1. The van der Waals surface area contributed by atoms with E-state index >= 15 is 0 Å². The lowest BCUT2D eigenvalue weighted by Gasteiger charge is -2.34. The van der Waals surface area contributed by atoms with Crippen LogP contribution in [0.2, 0.25) is 0 Å². The standard InChI is InChI=1S/C21H27N3O4S2/c1-16-7-9-19(10-8-16)30(27,28)24-13-3-2-5-17(24)11-12-22-20(25)21(26)23-15-18-6-4-14-29-18/h4,6-10,14,17H,2-3,5,11-13,15H2,1H3,(H,22,25)(H,23,26)/t17-/m1/s1. The molecule has 0 aliphatic carbocycles. The van der Waals surface area contributed by atoms with Crippen molar-refractivity contribution in [2.75, 3.05) is 13.1 Å². The van der Waals surface area contributed by atoms with Crippen molar-refractivity contribution in [3.05, 3.63) is 52.2 Å². The number of piperidine rings is 1. The van der Waals surface area contributed by atoms with Crippen molar-refractivity contribution >= 4 is 33.2 Å². The van der Waals surface area contributed by atoms with Gasteiger partial charge in [0.1, 0.15) is 0 Å². The van der Waals surface area contributed by atoms with Crippen molar-refractivity contribution in [3.63, 3.8) is 0 Å². The Bertz CT molecular complexity index is 957. The summed E-state index contributed by atoms with van der Waals surface area (Å²) in [5, 5.41) is 7.10. The van der Waals surface area contributed by atoms with Crippen LogP contribution in [0.15, 0.2) is 46.7 Å². The summed E-state index contributed by atoms with van der Waals surface area (Å²) in [6.45, 7) is 2.94. The molecule has 0 saturated carbocycles. The van der Waals surface area contributed by atoms with Crippen LogP contribution in [-0.2, 0) is 26.2 Å². The van der Waals surface area contributed by atoms with Crippen LogP contribution in [-0.4, -0.2) is 43.7 Å². The Hall–Kier alpha value is -2.23. The molecule has 1 saturated heterocycles. The zero-order chi connectivity index (χ0) is 21.6. The summed E-state index contributed by atoms with van der Waals surface area (Å²) in [4.78, 5) is 25.2. The Kier molecular flexibility index (Phi) is 7.63. The number of nitrogens with one attached hydrogen (secondary N) is 2. The number of amides is 2. The quantitative estimate of drug-likeness (QED) is 0.635. The fourth-order valence-electron chi connectivity index (χ4n) is 3.52. The monoisotopic (exact) mass is 449 g/mol. The molecule has 1 aliphatic heterocycles. The normalized spacial score (nSPS) is 17.4. The fraction of sp³-hybridized carbons (Fsp3) is 0.429. The van der Waals surface area contributed by atoms with Crippen molar-refractivity contribution in [1.82, 2.24) is 14.9 Å². The molecule has 162 valence electrons. The highest BCUT2D eigenvalue weighted by Crippen LogP contribution is 2.27. The summed E-state index contributed by atoms with van der Waals surface area (Å²) in [6.07, 6.45) is 2.97. The number of carbonyl (C=O) groups excluding carboxylic acids is 2. The van der Waals surface area contributed by atoms with Gasteiger partial charge in [0.25, 0.3) is 0 Å². The second kappa shape index (κ2) is 10.2. The molecule has 9 heteroatoms. The Labute approximate surface area is 181 Å². The second-order valence-corrected chi connectivity index (χ2v) is 10.3. The number of hydrogen-bond donors (Lipinski definition) is 2. The Morgan fingerprint density at radius 2 is 1.83 bits per heavy atom. The van der Waals surface area contributed by atoms with Crippen LogP contribution in [0.1, 0.15) is 36.1 Å². The summed E-state index contributed by atoms with van der Waals surface area (Å²) >= 11 is 1.51. The van der Waals surface area contributed by atoms with Gasteiger partial charge in [-0.3, -0.25) is 9.59 Å². The van der Waals surface area contributed by atoms with E-state index < -0.39 is 21.8 Å². The van der Waals surface area contributed by atoms with E-state index in [1.165, 1.54) is 11.3 Å². The largest absolute Gasteiger partial charge is 0.348 e. The molecule has 2 amide bonds. The van der Waals surface area contributed by atoms with Gasteiger partial charge >= 0.3 is 11.8 Å². The molecule has 1 aromatic heterocycles. The van der Waals surface area contributed by atoms with E-state index in [-0.39, 0.29) is 17.5 Å². The van der Waals surface area contributed by atoms with E-state index in [1.54, 1.807) is 28.6 Å². The van der Waals surface area contributed by atoms with Gasteiger partial charge in [0.15, 0.2) is 0 Å². The van der Waals surface area contributed by atoms with E-state index in [0.29, 0.717) is 19.5 Å². The number of aryl methyl sites for hydroxylation is 1. The van der Waals surface area contributed by atoms with Crippen LogP contribution in [0.4, 0.5) is 0 Å². The highest BCUT2D eigenvalue weighted by atomic mass is 32.2. The van der Waals surface area contributed by atoms with Crippen LogP contribution >= 0.6 is 11.3 Å². The van der Waals surface area contributed by atoms with Crippen molar-refractivity contribution in [1.29, 1.82) is 0 Å². The molecule has 2 heterocycles. The number of hydrogen-bond acceptors (Lipinski definition) is 5. The molecule has 7 nitrogen and oxygen atoms in total. The van der Waals surface area contributed by atoms with E-state index in [0.717, 1.165) is 29.7 Å². The lowest BCUT2D eigenvalue weighted by molar-refractivity contribution is -0.139. The number of rotatable bonds is 7. The molecule has 0 unspecified atom stereocenters. The van der Waals surface area contributed by atoms with Crippen LogP contribution in [0, 0.1) is 6.92 Å². The first-order valence-corrected chi connectivity index (χ1v) is 12.4. The number of carbonyl (C=O) groups is 2. The lowest BCUT2D eigenvalue weighted by atomic mass is 10.0. The molecule has 1 fully saturated rings. The van der Waals surface area contributed by atoms with Gasteiger partial charge in [-0.25, -0.2) is 8.42 Å². The molecule has 0 radical (unpaired) electrons. The molecular formula is C21H27N3O4S2. The third-order valence-corrected chi connectivity index (χ3v) is 8.02. The summed E-state index contributed by atoms with van der Waals surface area (Å²) in [7, 11) is -3.59. The minimum atomic E-state index is -3.59. The van der Waals surface area contributed by atoms with Crippen molar-refractivity contribution < 1.29 is 18.0 Å². The topological polar surface area (TPSA) is 95.6 Å². The molecule has 2 N–H and O–H groups in total. The van der Waals surface area contributed by atoms with Gasteiger partial charge in [-0.05, 0) is 49.8 Å². The van der Waals surface area contributed by atoms with Gasteiger partial charge in [0.2, 0.25) is 10.0 Å². The van der Waals surface area contributed by atoms with Crippen molar-refractivity contribution in [2.45, 2.75) is 50.1 Å². The summed E-state index contributed by atoms with van der Waals surface area (Å²) in [6, 6.07) is 10.4. The fourth-order valence-corrected chi connectivity index (χ4v) is 5.89. The third kappa shape index (κ3) is 5.68. The summed E-state index contributed by atoms with van der Waals surface area (Å²) < 4.78 is 27.7. The van der Waals surface area contributed by atoms with E-state index in [1.807, 2.05) is 24.4 Å². The molecule has 1 atom stereocenters. The third-order valence-electron chi connectivity index (χ3n) is 5.17. The predicted octanol–water partition coefficient (Wildman–Crippen LogP) is 2.42. The van der Waals surface area contributed by atoms with Crippen LogP contribution in [0.3, 0.4) is 0 Å². The molecule has 30 heavy (non-hydrogen) atoms. The van der Waals surface area contributed by atoms with E-state index in [2.05, 4.69) is 10.6 Å². The smallest absolute Gasteiger partial charge is 0.309 e. The predicted molar refractivity (Wildman–Crippen MR) is 117 cm³/mol. The Morgan fingerprint density at radius 3 is 2.53 bits per heavy atom. The van der Waals surface area contributed by atoms with E-state index in [4.69, 9.17) is 0 Å². The van der Waals surface area contributed by atoms with Crippen LogP contribution < -0.4 is 10.6 Å². The minimum Gasteiger partial charge on any atom is -0.348 e. The number of benzene rings is 1. The zero-order valence-corrected chi connectivity index (χ0v) is 18.6. The maximum atomic E-state index is 13.1. The zero-order valence-electron chi connectivity index (χ0n) is 17.0. The average Bonchev–Trinajstić information content (AvgIpc) is 3.26. The molecular weight excluding hydrogens is 422 g/mol. The highest BCUT2D eigenvalue weighted by Gasteiger charge is 2.33. The first kappa shape index (κ1) is 22.5. The van der Waals surface area contributed by atoms with Gasteiger partial charge in [-0.15, -0.1) is 11.3 Å². The molecule has 2 aromatic rings. The van der Waals surface area contributed by atoms with Crippen LogP contribution in [0.5, 0.6) is 0 Å². The molecule has 3 rings (SSSR count). The molecule has 0 spiro atoms. The van der Waals surface area contributed by atoms with E-state index in [9.17, 15) is 18.0 Å². The molecule has 1 aromatic carbocycles. The molecule has 1 aliphatic rings. The van der Waals surface area contributed by atoms with Gasteiger partial charge in [0.05, 0.1) is 11.4 Å². The first-order valence-electron chi connectivity index (χ1n) is 10.0. The Balaban J connectivity index is 1.53. The highest BCUT2D eigenvalue weighted by molar-refractivity contribution is 7.89. The number of thiophene rings is 1. The van der Waals surface area contributed by atoms with Crippen molar-refractivity contribution in [3.8, 4) is 0 Å². The average molecular weight is 450 g/mol. The maximum Gasteiger partial charge on any atom is 0.309 e. The van der Waals surface area contributed by atoms with Gasteiger partial charge in [0, 0.05) is 24.0 Å². The molecule has 0 bridgehead atoms. The summed E-state index contributed by atoms with van der Waals surface area (Å²) in [5.74, 6) is -1.38. The Morgan fingerprint density at radius 1 is 1.10 bits per heavy atom. The first-order chi connectivity index (χ1) is 14.4. The lowest BCUT2D eigenvalue weighted by Crippen LogP contribution is -2.46. The van der Waals surface area contributed by atoms with Gasteiger partial charge in [-0.1, -0.05) is 30.2 Å². The second-order valence-electron chi connectivity index (χ2n) is 7.39.